The number of rotatable bonds is 2. The quantitative estimate of drug-likeness (QED) is 0.769. The van der Waals surface area contributed by atoms with Crippen molar-refractivity contribution in [2.45, 2.75) is 37.6 Å². The normalized spacial score (nSPS) is 17.5. The van der Waals surface area contributed by atoms with Gasteiger partial charge in [-0.05, 0) is 25.0 Å². The third-order valence-corrected chi connectivity index (χ3v) is 3.81. The molecule has 1 saturated carbocycles. The lowest BCUT2D eigenvalue weighted by molar-refractivity contribution is 0.0588. The van der Waals surface area contributed by atoms with Crippen molar-refractivity contribution in [2.24, 2.45) is 0 Å². The Balaban J connectivity index is 2.22. The molecule has 1 aliphatic carbocycles. The lowest BCUT2D eigenvalue weighted by Crippen LogP contribution is -2.49. The fourth-order valence-electron chi connectivity index (χ4n) is 2.55. The molecule has 0 spiro atoms. The Morgan fingerprint density at radius 1 is 1.42 bits per heavy atom. The second-order valence-electron chi connectivity index (χ2n) is 4.94. The van der Waals surface area contributed by atoms with Crippen LogP contribution in [-0.2, 0) is 0 Å². The van der Waals surface area contributed by atoms with Crippen LogP contribution < -0.4 is 0 Å². The molecule has 0 aromatic carbocycles. The molecule has 0 N–H and O–H groups in total. The van der Waals surface area contributed by atoms with Gasteiger partial charge in [0.25, 0.3) is 5.91 Å². The highest BCUT2D eigenvalue weighted by Crippen LogP contribution is 2.33. The average Bonchev–Trinajstić information content (AvgIpc) is 2.47. The Labute approximate surface area is 111 Å². The van der Waals surface area contributed by atoms with Crippen molar-refractivity contribution in [3.8, 4) is 6.07 Å². The van der Waals surface area contributed by atoms with Crippen molar-refractivity contribution in [1.82, 2.24) is 9.88 Å². The van der Waals surface area contributed by atoms with Crippen LogP contribution >= 0.6 is 0 Å². The predicted octanol–water partition coefficient (Wildman–Crippen LogP) is 2.52. The van der Waals surface area contributed by atoms with Crippen molar-refractivity contribution in [3.05, 3.63) is 29.8 Å². The molecule has 1 amide bonds. The summed E-state index contributed by atoms with van der Waals surface area (Å²) in [4.78, 5) is 17.3. The fraction of sp³-hybridized carbons (Fsp3) is 0.500. The van der Waals surface area contributed by atoms with Crippen molar-refractivity contribution in [2.75, 3.05) is 7.05 Å². The maximum absolute atomic E-state index is 12.8. The van der Waals surface area contributed by atoms with E-state index < -0.39 is 11.5 Å². The molecule has 0 radical (unpaired) electrons. The van der Waals surface area contributed by atoms with Gasteiger partial charge in [-0.25, -0.2) is 4.98 Å². The lowest BCUT2D eigenvalue weighted by Gasteiger charge is -2.39. The van der Waals surface area contributed by atoms with Gasteiger partial charge < -0.3 is 4.90 Å². The third-order valence-electron chi connectivity index (χ3n) is 3.81. The molecule has 5 heteroatoms. The minimum absolute atomic E-state index is 0.282. The van der Waals surface area contributed by atoms with E-state index in [1.807, 2.05) is 0 Å². The molecular formula is C14H16FN3O. The van der Waals surface area contributed by atoms with Crippen LogP contribution in [0.3, 0.4) is 0 Å². The number of carbonyl (C=O) groups is 1. The Morgan fingerprint density at radius 3 is 2.63 bits per heavy atom. The maximum atomic E-state index is 12.8. The number of hydrogen-bond donors (Lipinski definition) is 0. The highest BCUT2D eigenvalue weighted by Gasteiger charge is 2.39. The average molecular weight is 261 g/mol. The smallest absolute Gasteiger partial charge is 0.256 e. The topological polar surface area (TPSA) is 57.0 Å². The van der Waals surface area contributed by atoms with Gasteiger partial charge in [-0.3, -0.25) is 4.79 Å². The Hall–Kier alpha value is -1.96. The summed E-state index contributed by atoms with van der Waals surface area (Å²) < 4.78 is 12.8. The van der Waals surface area contributed by atoms with Gasteiger partial charge in [0.2, 0.25) is 5.95 Å². The van der Waals surface area contributed by atoms with Crippen LogP contribution in [0, 0.1) is 17.3 Å². The molecule has 0 saturated heterocycles. The van der Waals surface area contributed by atoms with Crippen LogP contribution in [0.4, 0.5) is 4.39 Å². The van der Waals surface area contributed by atoms with Gasteiger partial charge in [-0.15, -0.1) is 0 Å². The van der Waals surface area contributed by atoms with Crippen LogP contribution in [0.5, 0.6) is 0 Å². The number of aromatic nitrogens is 1. The van der Waals surface area contributed by atoms with E-state index in [4.69, 9.17) is 0 Å². The first-order valence-electron chi connectivity index (χ1n) is 6.40. The summed E-state index contributed by atoms with van der Waals surface area (Å²) in [5, 5.41) is 9.43. The van der Waals surface area contributed by atoms with E-state index in [2.05, 4.69) is 11.1 Å². The summed E-state index contributed by atoms with van der Waals surface area (Å²) in [6.07, 6.45) is 5.60. The van der Waals surface area contributed by atoms with E-state index in [-0.39, 0.29) is 5.91 Å². The van der Waals surface area contributed by atoms with Gasteiger partial charge in [-0.2, -0.15) is 9.65 Å². The van der Waals surface area contributed by atoms with Crippen LogP contribution in [0.1, 0.15) is 42.5 Å². The van der Waals surface area contributed by atoms with Crippen molar-refractivity contribution >= 4 is 5.91 Å². The van der Waals surface area contributed by atoms with E-state index in [1.165, 1.54) is 17.2 Å². The summed E-state index contributed by atoms with van der Waals surface area (Å²) in [6, 6.07) is 4.84. The molecule has 1 heterocycles. The van der Waals surface area contributed by atoms with E-state index in [0.717, 1.165) is 25.3 Å². The van der Waals surface area contributed by atoms with Gasteiger partial charge in [0, 0.05) is 13.2 Å². The SMILES string of the molecule is CN(C(=O)c1ccc(F)nc1)C1(C#N)CCCCC1. The number of amides is 1. The molecule has 0 aliphatic heterocycles. The molecule has 19 heavy (non-hydrogen) atoms. The highest BCUT2D eigenvalue weighted by atomic mass is 19.1. The molecule has 0 bridgehead atoms. The fourth-order valence-corrected chi connectivity index (χ4v) is 2.55. The number of nitrogens with zero attached hydrogens (tertiary/aromatic N) is 3. The molecule has 1 fully saturated rings. The van der Waals surface area contributed by atoms with Gasteiger partial charge in [0.05, 0.1) is 11.6 Å². The molecular weight excluding hydrogens is 245 g/mol. The number of carbonyl (C=O) groups excluding carboxylic acids is 1. The van der Waals surface area contributed by atoms with Gasteiger partial charge in [0.15, 0.2) is 0 Å². The summed E-state index contributed by atoms with van der Waals surface area (Å²) in [7, 11) is 1.64. The first kappa shape index (κ1) is 13.5. The number of nitriles is 1. The van der Waals surface area contributed by atoms with Gasteiger partial charge >= 0.3 is 0 Å². The van der Waals surface area contributed by atoms with E-state index in [9.17, 15) is 14.4 Å². The zero-order valence-corrected chi connectivity index (χ0v) is 10.9. The van der Waals surface area contributed by atoms with Crippen LogP contribution in [0.25, 0.3) is 0 Å². The van der Waals surface area contributed by atoms with E-state index >= 15 is 0 Å². The molecule has 0 atom stereocenters. The minimum Gasteiger partial charge on any atom is -0.323 e. The summed E-state index contributed by atoms with van der Waals surface area (Å²) in [5.74, 6) is -0.900. The monoisotopic (exact) mass is 261 g/mol. The van der Waals surface area contributed by atoms with Crippen LogP contribution in [0.2, 0.25) is 0 Å². The molecule has 0 unspecified atom stereocenters. The summed E-state index contributed by atoms with van der Waals surface area (Å²) in [6.45, 7) is 0. The highest BCUT2D eigenvalue weighted by molar-refractivity contribution is 5.94. The molecule has 1 aliphatic rings. The largest absolute Gasteiger partial charge is 0.323 e. The van der Waals surface area contributed by atoms with Gasteiger partial charge in [-0.1, -0.05) is 19.3 Å². The van der Waals surface area contributed by atoms with Crippen molar-refractivity contribution in [1.29, 1.82) is 5.26 Å². The zero-order chi connectivity index (χ0) is 13.9. The Kier molecular flexibility index (Phi) is 3.79. The number of hydrogen-bond acceptors (Lipinski definition) is 3. The standard InChI is InChI=1S/C14H16FN3O/c1-18(14(10-16)7-3-2-4-8-14)13(19)11-5-6-12(15)17-9-11/h5-6,9H,2-4,7-8H2,1H3. The van der Waals surface area contributed by atoms with Crippen LogP contribution in [-0.4, -0.2) is 28.4 Å². The van der Waals surface area contributed by atoms with Crippen LogP contribution in [0.15, 0.2) is 18.3 Å². The van der Waals surface area contributed by atoms with E-state index in [0.29, 0.717) is 18.4 Å². The van der Waals surface area contributed by atoms with E-state index in [1.54, 1.807) is 7.05 Å². The Bertz CT molecular complexity index is 500. The first-order chi connectivity index (χ1) is 9.09. The second kappa shape index (κ2) is 5.35. The zero-order valence-electron chi connectivity index (χ0n) is 10.9. The van der Waals surface area contributed by atoms with Gasteiger partial charge in [0.1, 0.15) is 5.54 Å². The molecule has 2 rings (SSSR count). The number of pyridine rings is 1. The van der Waals surface area contributed by atoms with Crippen molar-refractivity contribution < 1.29 is 9.18 Å². The number of halogens is 1. The molecule has 1 aromatic heterocycles. The molecule has 4 nitrogen and oxygen atoms in total. The minimum atomic E-state index is -0.732. The Morgan fingerprint density at radius 2 is 2.11 bits per heavy atom. The summed E-state index contributed by atoms with van der Waals surface area (Å²) in [5.41, 5.74) is -0.423. The second-order valence-corrected chi connectivity index (χ2v) is 4.94. The predicted molar refractivity (Wildman–Crippen MR) is 67.7 cm³/mol. The van der Waals surface area contributed by atoms with Crippen molar-refractivity contribution in [3.63, 3.8) is 0 Å². The lowest BCUT2D eigenvalue weighted by atomic mass is 9.81. The third kappa shape index (κ3) is 2.58. The molecule has 1 aromatic rings. The maximum Gasteiger partial charge on any atom is 0.256 e. The first-order valence-corrected chi connectivity index (χ1v) is 6.40. The summed E-state index contributed by atoms with van der Waals surface area (Å²) >= 11 is 0. The molecule has 100 valence electrons.